The number of benzene rings is 4. The molecule has 0 N–H and O–H groups in total. The Morgan fingerprint density at radius 2 is 1.19 bits per heavy atom. The first-order chi connectivity index (χ1) is 15.5. The van der Waals surface area contributed by atoms with Gasteiger partial charge in [-0.3, -0.25) is 0 Å². The zero-order valence-electron chi connectivity index (χ0n) is 19.1. The van der Waals surface area contributed by atoms with E-state index in [1.807, 2.05) is 11.8 Å². The molecule has 0 saturated heterocycles. The van der Waals surface area contributed by atoms with Crippen molar-refractivity contribution in [1.82, 2.24) is 0 Å². The molecule has 160 valence electrons. The fourth-order valence-electron chi connectivity index (χ4n) is 4.44. The Balaban J connectivity index is 1.76. The third kappa shape index (κ3) is 3.67. The van der Waals surface area contributed by atoms with Crippen molar-refractivity contribution in [1.29, 1.82) is 0 Å². The third-order valence-corrected chi connectivity index (χ3v) is 7.35. The zero-order valence-corrected chi connectivity index (χ0v) is 19.9. The molecule has 0 aliphatic carbocycles. The maximum atomic E-state index is 2.29. The maximum absolute atomic E-state index is 2.29. The van der Waals surface area contributed by atoms with Crippen LogP contribution < -0.4 is 9.80 Å². The maximum Gasteiger partial charge on any atom is 0.0361 e. The first kappa shape index (κ1) is 20.7. The monoisotopic (exact) mass is 436 g/mol. The molecular formula is C29H28N2S. The summed E-state index contributed by atoms with van der Waals surface area (Å²) in [6, 6.07) is 31.3. The molecule has 0 aromatic heterocycles. The van der Waals surface area contributed by atoms with E-state index in [9.17, 15) is 0 Å². The SMILES string of the molecule is CN(C)c1ccc(C(=C2SCc3cccc4cccc2c34)c2ccc(N(C)C)cc2)cc1. The van der Waals surface area contributed by atoms with Crippen molar-refractivity contribution in [2.24, 2.45) is 0 Å². The Kier molecular flexibility index (Phi) is 5.44. The van der Waals surface area contributed by atoms with Gasteiger partial charge in [0.15, 0.2) is 0 Å². The number of hydrogen-bond donors (Lipinski definition) is 0. The second kappa shape index (κ2) is 8.40. The summed E-state index contributed by atoms with van der Waals surface area (Å²) in [6.45, 7) is 0. The summed E-state index contributed by atoms with van der Waals surface area (Å²) < 4.78 is 0. The minimum atomic E-state index is 0.999. The molecule has 0 unspecified atom stereocenters. The molecule has 4 aromatic carbocycles. The normalized spacial score (nSPS) is 12.7. The summed E-state index contributed by atoms with van der Waals surface area (Å²) in [6.07, 6.45) is 0. The van der Waals surface area contributed by atoms with Gasteiger partial charge in [0.2, 0.25) is 0 Å². The first-order valence-electron chi connectivity index (χ1n) is 11.0. The van der Waals surface area contributed by atoms with Gasteiger partial charge in [0, 0.05) is 55.8 Å². The number of anilines is 2. The average molecular weight is 437 g/mol. The minimum Gasteiger partial charge on any atom is -0.378 e. The zero-order chi connectivity index (χ0) is 22.2. The van der Waals surface area contributed by atoms with Gasteiger partial charge in [-0.25, -0.2) is 0 Å². The van der Waals surface area contributed by atoms with Crippen LogP contribution in [0.1, 0.15) is 22.3 Å². The van der Waals surface area contributed by atoms with E-state index in [-0.39, 0.29) is 0 Å². The molecule has 5 rings (SSSR count). The Labute approximate surface area is 195 Å². The van der Waals surface area contributed by atoms with Gasteiger partial charge in [0.1, 0.15) is 0 Å². The summed E-state index contributed by atoms with van der Waals surface area (Å²) in [5.41, 5.74) is 9.02. The van der Waals surface area contributed by atoms with Crippen molar-refractivity contribution in [2.45, 2.75) is 5.75 Å². The van der Waals surface area contributed by atoms with E-state index in [0.717, 1.165) is 5.75 Å². The van der Waals surface area contributed by atoms with Crippen molar-refractivity contribution in [3.8, 4) is 0 Å². The largest absolute Gasteiger partial charge is 0.378 e. The van der Waals surface area contributed by atoms with Crippen molar-refractivity contribution < 1.29 is 0 Å². The van der Waals surface area contributed by atoms with Crippen LogP contribution in [-0.2, 0) is 5.75 Å². The molecule has 0 atom stereocenters. The highest BCUT2D eigenvalue weighted by Crippen LogP contribution is 2.47. The van der Waals surface area contributed by atoms with Crippen LogP contribution in [0.3, 0.4) is 0 Å². The van der Waals surface area contributed by atoms with Gasteiger partial charge in [-0.05, 0) is 57.3 Å². The highest BCUT2D eigenvalue weighted by atomic mass is 32.2. The lowest BCUT2D eigenvalue weighted by Gasteiger charge is -2.24. The molecule has 0 bridgehead atoms. The number of hydrogen-bond acceptors (Lipinski definition) is 3. The molecule has 0 spiro atoms. The van der Waals surface area contributed by atoms with Gasteiger partial charge in [-0.1, -0.05) is 60.7 Å². The molecule has 2 nitrogen and oxygen atoms in total. The van der Waals surface area contributed by atoms with Crippen LogP contribution in [0.2, 0.25) is 0 Å². The topological polar surface area (TPSA) is 6.48 Å². The van der Waals surface area contributed by atoms with E-state index in [1.54, 1.807) is 0 Å². The van der Waals surface area contributed by atoms with Gasteiger partial charge in [0.05, 0.1) is 0 Å². The second-order valence-electron chi connectivity index (χ2n) is 8.70. The molecular weight excluding hydrogens is 408 g/mol. The van der Waals surface area contributed by atoms with Gasteiger partial charge in [-0.15, -0.1) is 11.8 Å². The highest BCUT2D eigenvalue weighted by molar-refractivity contribution is 8.08. The Hall–Kier alpha value is -3.17. The molecule has 0 fully saturated rings. The fraction of sp³-hybridized carbons (Fsp3) is 0.172. The van der Waals surface area contributed by atoms with Crippen molar-refractivity contribution in [3.05, 3.63) is 107 Å². The molecule has 0 saturated carbocycles. The standard InChI is InChI=1S/C29H28N2S/c1-30(2)24-15-11-21(12-16-24)28(22-13-17-25(18-14-22)31(3)4)29-26-10-6-8-20-7-5-9-23(19-32-29)27(20)26/h5-18H,19H2,1-4H3. The first-order valence-corrected chi connectivity index (χ1v) is 11.9. The lowest BCUT2D eigenvalue weighted by molar-refractivity contribution is 1.13. The summed E-state index contributed by atoms with van der Waals surface area (Å²) in [4.78, 5) is 5.66. The predicted molar refractivity (Wildman–Crippen MR) is 143 cm³/mol. The Bertz CT molecular complexity index is 1240. The molecule has 1 aliphatic rings. The Morgan fingerprint density at radius 3 is 1.72 bits per heavy atom. The lowest BCUT2D eigenvalue weighted by Crippen LogP contribution is -2.09. The number of rotatable bonds is 4. The summed E-state index contributed by atoms with van der Waals surface area (Å²) in [5, 5.41) is 2.72. The Morgan fingerprint density at radius 1 is 0.656 bits per heavy atom. The third-order valence-electron chi connectivity index (χ3n) is 6.18. The van der Waals surface area contributed by atoms with Crippen molar-refractivity contribution in [2.75, 3.05) is 38.0 Å². The lowest BCUT2D eigenvalue weighted by atomic mass is 9.92. The number of thioether (sulfide) groups is 1. The van der Waals surface area contributed by atoms with Crippen LogP contribution in [0.4, 0.5) is 11.4 Å². The molecule has 32 heavy (non-hydrogen) atoms. The molecule has 3 heteroatoms. The van der Waals surface area contributed by atoms with Crippen LogP contribution in [-0.4, -0.2) is 28.2 Å². The van der Waals surface area contributed by atoms with E-state index in [1.165, 1.54) is 54.9 Å². The summed E-state index contributed by atoms with van der Waals surface area (Å²) in [5.74, 6) is 0.999. The van der Waals surface area contributed by atoms with Crippen LogP contribution in [0, 0.1) is 0 Å². The van der Waals surface area contributed by atoms with Crippen LogP contribution >= 0.6 is 11.8 Å². The quantitative estimate of drug-likeness (QED) is 0.336. The molecule has 1 heterocycles. The average Bonchev–Trinajstić information content (AvgIpc) is 2.81. The van der Waals surface area contributed by atoms with E-state index in [0.29, 0.717) is 0 Å². The molecule has 4 aromatic rings. The highest BCUT2D eigenvalue weighted by Gasteiger charge is 2.22. The van der Waals surface area contributed by atoms with E-state index in [2.05, 4.69) is 123 Å². The molecule has 0 amide bonds. The van der Waals surface area contributed by atoms with Crippen LogP contribution in [0.25, 0.3) is 21.3 Å². The van der Waals surface area contributed by atoms with E-state index < -0.39 is 0 Å². The number of nitrogens with zero attached hydrogens (tertiary/aromatic N) is 2. The summed E-state index contributed by atoms with van der Waals surface area (Å²) in [7, 11) is 8.35. The molecule has 1 aliphatic heterocycles. The van der Waals surface area contributed by atoms with Crippen molar-refractivity contribution in [3.63, 3.8) is 0 Å². The smallest absolute Gasteiger partial charge is 0.0361 e. The minimum absolute atomic E-state index is 0.999. The fourth-order valence-corrected chi connectivity index (χ4v) is 5.69. The van der Waals surface area contributed by atoms with Gasteiger partial charge in [0.25, 0.3) is 0 Å². The van der Waals surface area contributed by atoms with E-state index >= 15 is 0 Å². The van der Waals surface area contributed by atoms with Crippen LogP contribution in [0.15, 0.2) is 84.9 Å². The van der Waals surface area contributed by atoms with Crippen molar-refractivity contribution >= 4 is 44.4 Å². The van der Waals surface area contributed by atoms with E-state index in [4.69, 9.17) is 0 Å². The summed E-state index contributed by atoms with van der Waals surface area (Å²) >= 11 is 1.96. The second-order valence-corrected chi connectivity index (χ2v) is 9.68. The van der Waals surface area contributed by atoms with Gasteiger partial charge >= 0.3 is 0 Å². The molecule has 0 radical (unpaired) electrons. The predicted octanol–water partition coefficient (Wildman–Crippen LogP) is 7.14. The van der Waals surface area contributed by atoms with Gasteiger partial charge in [-0.2, -0.15) is 0 Å². The van der Waals surface area contributed by atoms with Crippen LogP contribution in [0.5, 0.6) is 0 Å². The van der Waals surface area contributed by atoms with Gasteiger partial charge < -0.3 is 9.80 Å².